The molecule has 2 aromatic carbocycles. The molecule has 1 atom stereocenters. The summed E-state index contributed by atoms with van der Waals surface area (Å²) in [6.07, 6.45) is 0. The van der Waals surface area contributed by atoms with Gasteiger partial charge in [0.25, 0.3) is 0 Å². The largest absolute Gasteiger partial charge is 0.492 e. The Hall–Kier alpha value is -2.62. The van der Waals surface area contributed by atoms with E-state index in [4.69, 9.17) is 16.3 Å². The average Bonchev–Trinajstić information content (AvgIpc) is 2.66. The first-order valence-electron chi connectivity index (χ1n) is 9.61. The van der Waals surface area contributed by atoms with E-state index in [2.05, 4.69) is 15.4 Å². The van der Waals surface area contributed by atoms with Crippen LogP contribution in [0.3, 0.4) is 0 Å². The number of anilines is 2. The molecule has 0 aliphatic rings. The molecule has 0 aliphatic heterocycles. The molecule has 168 valence electrons. The second kappa shape index (κ2) is 10.6. The molecule has 2 rings (SSSR count). The number of benzene rings is 2. The van der Waals surface area contributed by atoms with Crippen molar-refractivity contribution in [3.63, 3.8) is 0 Å². The molecule has 0 bridgehead atoms. The second-order valence-electron chi connectivity index (χ2n) is 7.39. The van der Waals surface area contributed by atoms with Gasteiger partial charge in [-0.25, -0.2) is 8.42 Å². The summed E-state index contributed by atoms with van der Waals surface area (Å²) < 4.78 is 33.0. The van der Waals surface area contributed by atoms with Crippen molar-refractivity contribution in [1.29, 1.82) is 0 Å². The third-order valence-corrected chi connectivity index (χ3v) is 5.83. The third kappa shape index (κ3) is 7.54. The predicted molar refractivity (Wildman–Crippen MR) is 121 cm³/mol. The van der Waals surface area contributed by atoms with E-state index in [-0.39, 0.29) is 10.8 Å². The maximum Gasteiger partial charge on any atom is 0.242 e. The molecule has 0 heterocycles. The number of carbonyl (C=O) groups excluding carboxylic acids is 2. The second-order valence-corrected chi connectivity index (χ2v) is 9.51. The zero-order valence-corrected chi connectivity index (χ0v) is 19.3. The summed E-state index contributed by atoms with van der Waals surface area (Å²) >= 11 is 6.19. The van der Waals surface area contributed by atoms with Gasteiger partial charge in [0.1, 0.15) is 5.75 Å². The van der Waals surface area contributed by atoms with Crippen LogP contribution < -0.4 is 20.1 Å². The van der Waals surface area contributed by atoms with Crippen LogP contribution in [0.15, 0.2) is 47.4 Å². The molecule has 0 aliphatic carbocycles. The molecular formula is C21H26ClN3O5S. The highest BCUT2D eigenvalue weighted by atomic mass is 35.5. The first-order valence-corrected chi connectivity index (χ1v) is 11.5. The van der Waals surface area contributed by atoms with Gasteiger partial charge in [-0.3, -0.25) is 9.59 Å². The molecule has 2 aromatic rings. The molecule has 0 aromatic heterocycles. The van der Waals surface area contributed by atoms with Gasteiger partial charge in [-0.2, -0.15) is 4.72 Å². The molecule has 3 N–H and O–H groups in total. The summed E-state index contributed by atoms with van der Waals surface area (Å²) in [7, 11) is -3.94. The number of amides is 2. The van der Waals surface area contributed by atoms with Gasteiger partial charge in [-0.15, -0.1) is 0 Å². The lowest BCUT2D eigenvalue weighted by molar-refractivity contribution is -0.117. The quantitative estimate of drug-likeness (QED) is 0.521. The summed E-state index contributed by atoms with van der Waals surface area (Å²) in [6, 6.07) is 9.37. The molecule has 0 radical (unpaired) electrons. The summed E-state index contributed by atoms with van der Waals surface area (Å²) in [4.78, 5) is 23.5. The number of hydrogen-bond acceptors (Lipinski definition) is 5. The molecule has 0 spiro atoms. The Kier molecular flexibility index (Phi) is 8.43. The highest BCUT2D eigenvalue weighted by Crippen LogP contribution is 2.28. The number of rotatable bonds is 9. The summed E-state index contributed by atoms with van der Waals surface area (Å²) in [5, 5.41) is 5.52. The molecule has 10 heteroatoms. The van der Waals surface area contributed by atoms with E-state index in [1.165, 1.54) is 44.2 Å². The first-order chi connectivity index (χ1) is 14.5. The van der Waals surface area contributed by atoms with Gasteiger partial charge in [0.2, 0.25) is 21.8 Å². The van der Waals surface area contributed by atoms with Crippen LogP contribution in [0.4, 0.5) is 11.4 Å². The van der Waals surface area contributed by atoms with Crippen molar-refractivity contribution >= 4 is 44.8 Å². The lowest BCUT2D eigenvalue weighted by Gasteiger charge is -2.16. The van der Waals surface area contributed by atoms with Gasteiger partial charge in [-0.1, -0.05) is 25.4 Å². The van der Waals surface area contributed by atoms with Crippen molar-refractivity contribution in [1.82, 2.24) is 4.72 Å². The smallest absolute Gasteiger partial charge is 0.242 e. The highest BCUT2D eigenvalue weighted by Gasteiger charge is 2.22. The highest BCUT2D eigenvalue weighted by molar-refractivity contribution is 7.89. The molecule has 8 nitrogen and oxygen atoms in total. The number of nitrogens with one attached hydrogen (secondary N) is 3. The van der Waals surface area contributed by atoms with Crippen LogP contribution in [0.25, 0.3) is 0 Å². The van der Waals surface area contributed by atoms with Gasteiger partial charge >= 0.3 is 0 Å². The monoisotopic (exact) mass is 467 g/mol. The van der Waals surface area contributed by atoms with Gasteiger partial charge in [-0.05, 0) is 55.3 Å². The van der Waals surface area contributed by atoms with Crippen molar-refractivity contribution < 1.29 is 22.7 Å². The van der Waals surface area contributed by atoms with Gasteiger partial charge < -0.3 is 15.4 Å². The van der Waals surface area contributed by atoms with Gasteiger partial charge in [0.15, 0.2) is 0 Å². The topological polar surface area (TPSA) is 114 Å². The maximum atomic E-state index is 12.5. The fraction of sp³-hybridized carbons (Fsp3) is 0.333. The average molecular weight is 468 g/mol. The fourth-order valence-electron chi connectivity index (χ4n) is 2.48. The van der Waals surface area contributed by atoms with Crippen LogP contribution in [0, 0.1) is 5.92 Å². The molecule has 0 fully saturated rings. The van der Waals surface area contributed by atoms with Crippen LogP contribution in [0.5, 0.6) is 5.75 Å². The van der Waals surface area contributed by atoms with Gasteiger partial charge in [0, 0.05) is 18.3 Å². The van der Waals surface area contributed by atoms with Crippen molar-refractivity contribution in [2.24, 2.45) is 5.92 Å². The lowest BCUT2D eigenvalue weighted by Crippen LogP contribution is -2.41. The van der Waals surface area contributed by atoms with E-state index in [0.29, 0.717) is 34.7 Å². The molecular weight excluding hydrogens is 442 g/mol. The normalized spacial score (nSPS) is 12.3. The Labute approximate surface area is 187 Å². The number of hydrogen-bond donors (Lipinski definition) is 3. The Morgan fingerprint density at radius 2 is 1.61 bits per heavy atom. The minimum atomic E-state index is -3.94. The Morgan fingerprint density at radius 3 is 2.16 bits per heavy atom. The van der Waals surface area contributed by atoms with Crippen LogP contribution in [-0.4, -0.2) is 32.9 Å². The molecule has 0 saturated carbocycles. The van der Waals surface area contributed by atoms with Crippen LogP contribution in [0.2, 0.25) is 5.02 Å². The third-order valence-electron chi connectivity index (χ3n) is 3.98. The van der Waals surface area contributed by atoms with Crippen molar-refractivity contribution in [3.05, 3.63) is 47.5 Å². The Balaban J connectivity index is 2.01. The van der Waals surface area contributed by atoms with E-state index in [0.717, 1.165) is 0 Å². The number of sulfonamides is 1. The molecule has 0 saturated heterocycles. The number of ether oxygens (including phenoxy) is 1. The Morgan fingerprint density at radius 1 is 1.00 bits per heavy atom. The van der Waals surface area contributed by atoms with Crippen LogP contribution in [0.1, 0.15) is 27.7 Å². The van der Waals surface area contributed by atoms with Gasteiger partial charge in [0.05, 0.1) is 22.6 Å². The van der Waals surface area contributed by atoms with Crippen molar-refractivity contribution in [3.8, 4) is 5.75 Å². The van der Waals surface area contributed by atoms with E-state index in [1.54, 1.807) is 12.1 Å². The number of halogens is 1. The van der Waals surface area contributed by atoms with Crippen molar-refractivity contribution in [2.75, 3.05) is 17.2 Å². The fourth-order valence-corrected chi connectivity index (χ4v) is 3.92. The minimum absolute atomic E-state index is 0.0315. The predicted octanol–water partition coefficient (Wildman–Crippen LogP) is 3.64. The standard InChI is InChI=1S/C21H26ClN3O5S/c1-13(2)12-30-20-10-7-17(11-19(20)22)24-21(27)14(3)25-31(28,29)18-8-5-16(6-9-18)23-15(4)26/h5-11,13-14,25H,12H2,1-4H3,(H,23,26)(H,24,27)/t14-/m0/s1. The minimum Gasteiger partial charge on any atom is -0.492 e. The van der Waals surface area contributed by atoms with Crippen LogP contribution in [-0.2, 0) is 19.6 Å². The molecule has 0 unspecified atom stereocenters. The van der Waals surface area contributed by atoms with E-state index in [9.17, 15) is 18.0 Å². The van der Waals surface area contributed by atoms with Crippen LogP contribution >= 0.6 is 11.6 Å². The number of carbonyl (C=O) groups is 2. The maximum absolute atomic E-state index is 12.5. The summed E-state index contributed by atoms with van der Waals surface area (Å²) in [5.41, 5.74) is 0.882. The van der Waals surface area contributed by atoms with E-state index in [1.807, 2.05) is 13.8 Å². The zero-order valence-electron chi connectivity index (χ0n) is 17.7. The molecule has 2 amide bonds. The Bertz CT molecular complexity index is 1040. The van der Waals surface area contributed by atoms with E-state index < -0.39 is 22.0 Å². The summed E-state index contributed by atoms with van der Waals surface area (Å²) in [6.45, 7) is 7.33. The zero-order chi connectivity index (χ0) is 23.2. The first kappa shape index (κ1) is 24.6. The lowest BCUT2D eigenvalue weighted by atomic mass is 10.2. The SMILES string of the molecule is CC(=O)Nc1ccc(S(=O)(=O)N[C@@H](C)C(=O)Nc2ccc(OCC(C)C)c(Cl)c2)cc1. The van der Waals surface area contributed by atoms with E-state index >= 15 is 0 Å². The summed E-state index contributed by atoms with van der Waals surface area (Å²) in [5.74, 6) is 0.0275. The van der Waals surface area contributed by atoms with Crippen molar-refractivity contribution in [2.45, 2.75) is 38.6 Å². The molecule has 31 heavy (non-hydrogen) atoms.